The summed E-state index contributed by atoms with van der Waals surface area (Å²) in [6, 6.07) is 0. The van der Waals surface area contributed by atoms with Crippen LogP contribution in [0.2, 0.25) is 0 Å². The normalized spacial score (nSPS) is 38.0. The van der Waals surface area contributed by atoms with Crippen molar-refractivity contribution in [1.29, 1.82) is 0 Å². The Labute approximate surface area is 130 Å². The van der Waals surface area contributed by atoms with Crippen molar-refractivity contribution in [3.8, 4) is 0 Å². The standard InChI is InChI=1S/C17H34N2O2/c1-15-4-6-17(7-5-15,12-18-9-11-21-3)14-19-10-8-16(2,20)13-19/h15,18,20H,4-14H2,1-3H3. The molecule has 0 aromatic heterocycles. The van der Waals surface area contributed by atoms with Gasteiger partial charge in [0.25, 0.3) is 0 Å². The van der Waals surface area contributed by atoms with E-state index in [1.807, 2.05) is 6.92 Å². The molecule has 124 valence electrons. The van der Waals surface area contributed by atoms with Gasteiger partial charge in [-0.25, -0.2) is 0 Å². The van der Waals surface area contributed by atoms with E-state index >= 15 is 0 Å². The van der Waals surface area contributed by atoms with Crippen LogP contribution in [0, 0.1) is 11.3 Å². The Hall–Kier alpha value is -0.160. The summed E-state index contributed by atoms with van der Waals surface area (Å²) in [7, 11) is 1.76. The smallest absolute Gasteiger partial charge is 0.0758 e. The third-order valence-corrected chi connectivity index (χ3v) is 5.41. The molecule has 0 radical (unpaired) electrons. The molecule has 0 aromatic rings. The molecule has 1 unspecified atom stereocenters. The number of β-amino-alcohol motifs (C(OH)–C–C–N with tert-alkyl or cyclic N) is 1. The van der Waals surface area contributed by atoms with Crippen molar-refractivity contribution in [2.24, 2.45) is 11.3 Å². The van der Waals surface area contributed by atoms with E-state index in [2.05, 4.69) is 17.1 Å². The SMILES string of the molecule is COCCNCC1(CN2CCC(C)(O)C2)CCC(C)CC1. The van der Waals surface area contributed by atoms with Crippen LogP contribution in [-0.2, 0) is 4.74 Å². The molecule has 2 rings (SSSR count). The maximum Gasteiger partial charge on any atom is 0.0758 e. The van der Waals surface area contributed by atoms with Crippen LogP contribution in [0.3, 0.4) is 0 Å². The first-order valence-electron chi connectivity index (χ1n) is 8.59. The lowest BCUT2D eigenvalue weighted by Crippen LogP contribution is -2.46. The molecule has 1 aliphatic heterocycles. The van der Waals surface area contributed by atoms with Crippen molar-refractivity contribution in [3.63, 3.8) is 0 Å². The van der Waals surface area contributed by atoms with Crippen LogP contribution in [0.15, 0.2) is 0 Å². The largest absolute Gasteiger partial charge is 0.389 e. The second-order valence-electron chi connectivity index (χ2n) is 7.81. The number of aliphatic hydroxyl groups is 1. The van der Waals surface area contributed by atoms with Gasteiger partial charge >= 0.3 is 0 Å². The van der Waals surface area contributed by atoms with Gasteiger partial charge in [0, 0.05) is 39.8 Å². The van der Waals surface area contributed by atoms with Crippen LogP contribution >= 0.6 is 0 Å². The first-order valence-corrected chi connectivity index (χ1v) is 8.59. The minimum absolute atomic E-state index is 0.390. The predicted octanol–water partition coefficient (Wildman–Crippen LogP) is 1.88. The van der Waals surface area contributed by atoms with Crippen LogP contribution < -0.4 is 5.32 Å². The summed E-state index contributed by atoms with van der Waals surface area (Å²) in [6.45, 7) is 10.2. The lowest BCUT2D eigenvalue weighted by atomic mass is 9.70. The summed E-state index contributed by atoms with van der Waals surface area (Å²) in [5, 5.41) is 13.8. The summed E-state index contributed by atoms with van der Waals surface area (Å²) in [6.07, 6.45) is 6.22. The maximum absolute atomic E-state index is 10.2. The summed E-state index contributed by atoms with van der Waals surface area (Å²) < 4.78 is 5.14. The first kappa shape index (κ1) is 17.2. The minimum Gasteiger partial charge on any atom is -0.389 e. The van der Waals surface area contributed by atoms with Crippen molar-refractivity contribution < 1.29 is 9.84 Å². The Kier molecular flexibility index (Phi) is 6.06. The van der Waals surface area contributed by atoms with Gasteiger partial charge in [0.1, 0.15) is 0 Å². The third kappa shape index (κ3) is 5.20. The highest BCUT2D eigenvalue weighted by atomic mass is 16.5. The fourth-order valence-electron chi connectivity index (χ4n) is 3.94. The number of ether oxygens (including phenoxy) is 1. The molecule has 1 aliphatic carbocycles. The fourth-order valence-corrected chi connectivity index (χ4v) is 3.94. The molecule has 1 atom stereocenters. The maximum atomic E-state index is 10.2. The van der Waals surface area contributed by atoms with Crippen LogP contribution in [-0.4, -0.2) is 62.0 Å². The molecule has 1 saturated heterocycles. The third-order valence-electron chi connectivity index (χ3n) is 5.41. The lowest BCUT2D eigenvalue weighted by molar-refractivity contribution is 0.0498. The number of hydrogen-bond acceptors (Lipinski definition) is 4. The second kappa shape index (κ2) is 7.40. The Balaban J connectivity index is 1.89. The minimum atomic E-state index is -0.480. The van der Waals surface area contributed by atoms with Crippen LogP contribution in [0.25, 0.3) is 0 Å². The van der Waals surface area contributed by atoms with Crippen LogP contribution in [0.5, 0.6) is 0 Å². The van der Waals surface area contributed by atoms with Gasteiger partial charge in [0.15, 0.2) is 0 Å². The van der Waals surface area contributed by atoms with Crippen molar-refractivity contribution in [3.05, 3.63) is 0 Å². The number of methoxy groups -OCH3 is 1. The summed E-state index contributed by atoms with van der Waals surface area (Å²) in [5.74, 6) is 0.874. The highest BCUT2D eigenvalue weighted by Crippen LogP contribution is 2.40. The van der Waals surface area contributed by atoms with E-state index in [1.54, 1.807) is 7.11 Å². The Morgan fingerprint density at radius 3 is 2.57 bits per heavy atom. The second-order valence-corrected chi connectivity index (χ2v) is 7.81. The Bertz CT molecular complexity index is 312. The molecular weight excluding hydrogens is 264 g/mol. The van der Waals surface area contributed by atoms with Gasteiger partial charge in [0.05, 0.1) is 12.2 Å². The van der Waals surface area contributed by atoms with Crippen molar-refractivity contribution in [2.75, 3.05) is 46.4 Å². The van der Waals surface area contributed by atoms with Crippen molar-refractivity contribution in [1.82, 2.24) is 10.2 Å². The molecule has 0 amide bonds. The molecule has 1 heterocycles. The van der Waals surface area contributed by atoms with Crippen molar-refractivity contribution in [2.45, 2.75) is 51.6 Å². The molecular formula is C17H34N2O2. The summed E-state index contributed by atoms with van der Waals surface area (Å²) in [5.41, 5.74) is -0.0900. The quantitative estimate of drug-likeness (QED) is 0.704. The summed E-state index contributed by atoms with van der Waals surface area (Å²) in [4.78, 5) is 2.48. The van der Waals surface area contributed by atoms with Crippen LogP contribution in [0.4, 0.5) is 0 Å². The van der Waals surface area contributed by atoms with E-state index in [4.69, 9.17) is 4.74 Å². The average molecular weight is 298 g/mol. The van der Waals surface area contributed by atoms with Crippen LogP contribution in [0.1, 0.15) is 46.0 Å². The van der Waals surface area contributed by atoms with E-state index in [0.29, 0.717) is 5.41 Å². The molecule has 1 saturated carbocycles. The van der Waals surface area contributed by atoms with Gasteiger partial charge in [-0.15, -0.1) is 0 Å². The number of rotatable bonds is 7. The zero-order chi connectivity index (χ0) is 15.3. The predicted molar refractivity (Wildman–Crippen MR) is 86.5 cm³/mol. The highest BCUT2D eigenvalue weighted by Gasteiger charge is 2.39. The molecule has 2 N–H and O–H groups in total. The Morgan fingerprint density at radius 2 is 2.00 bits per heavy atom. The zero-order valence-corrected chi connectivity index (χ0v) is 14.2. The van der Waals surface area contributed by atoms with E-state index in [1.165, 1.54) is 25.7 Å². The number of nitrogens with zero attached hydrogens (tertiary/aromatic N) is 1. The first-order chi connectivity index (χ1) is 9.95. The molecule has 2 fully saturated rings. The molecule has 21 heavy (non-hydrogen) atoms. The lowest BCUT2D eigenvalue weighted by Gasteiger charge is -2.42. The fraction of sp³-hybridized carbons (Fsp3) is 1.00. The molecule has 0 bridgehead atoms. The topological polar surface area (TPSA) is 44.7 Å². The van der Waals surface area contributed by atoms with Gasteiger partial charge in [0.2, 0.25) is 0 Å². The summed E-state index contributed by atoms with van der Waals surface area (Å²) >= 11 is 0. The average Bonchev–Trinajstić information content (AvgIpc) is 2.77. The van der Waals surface area contributed by atoms with E-state index in [-0.39, 0.29) is 0 Å². The Morgan fingerprint density at radius 1 is 1.29 bits per heavy atom. The highest BCUT2D eigenvalue weighted by molar-refractivity contribution is 4.94. The number of nitrogens with one attached hydrogen (secondary N) is 1. The number of likely N-dealkylation sites (tertiary alicyclic amines) is 1. The molecule has 2 aliphatic rings. The zero-order valence-electron chi connectivity index (χ0n) is 14.2. The van der Waals surface area contributed by atoms with Crippen molar-refractivity contribution >= 4 is 0 Å². The molecule has 4 heteroatoms. The van der Waals surface area contributed by atoms with Gasteiger partial charge in [-0.3, -0.25) is 4.90 Å². The van der Waals surface area contributed by atoms with Gasteiger partial charge in [-0.05, 0) is 37.5 Å². The van der Waals surface area contributed by atoms with Gasteiger partial charge in [-0.1, -0.05) is 19.8 Å². The monoisotopic (exact) mass is 298 g/mol. The molecule has 4 nitrogen and oxygen atoms in total. The van der Waals surface area contributed by atoms with Gasteiger partial charge in [-0.2, -0.15) is 0 Å². The molecule has 0 aromatic carbocycles. The number of hydrogen-bond donors (Lipinski definition) is 2. The van der Waals surface area contributed by atoms with E-state index in [0.717, 1.165) is 51.7 Å². The van der Waals surface area contributed by atoms with Gasteiger partial charge < -0.3 is 15.2 Å². The van der Waals surface area contributed by atoms with E-state index < -0.39 is 5.60 Å². The molecule has 0 spiro atoms. The van der Waals surface area contributed by atoms with E-state index in [9.17, 15) is 5.11 Å².